The molecule has 0 aliphatic rings. The summed E-state index contributed by atoms with van der Waals surface area (Å²) in [5.41, 5.74) is 2.64. The zero-order valence-electron chi connectivity index (χ0n) is 14.1. The van der Waals surface area contributed by atoms with Gasteiger partial charge in [-0.25, -0.2) is 0 Å². The number of rotatable bonds is 6. The molecule has 0 spiro atoms. The summed E-state index contributed by atoms with van der Waals surface area (Å²) in [6.45, 7) is 3.98. The van der Waals surface area contributed by atoms with Crippen molar-refractivity contribution in [2.75, 3.05) is 14.2 Å². The Balaban J connectivity index is 2.14. The molecule has 4 heteroatoms. The summed E-state index contributed by atoms with van der Waals surface area (Å²) in [5, 5.41) is 3.08. The lowest BCUT2D eigenvalue weighted by molar-refractivity contribution is 0.0935. The van der Waals surface area contributed by atoms with Gasteiger partial charge in [0.2, 0.25) is 0 Å². The predicted molar refractivity (Wildman–Crippen MR) is 91.2 cm³/mol. The van der Waals surface area contributed by atoms with Crippen LogP contribution in [0, 0.1) is 6.92 Å². The molecule has 1 unspecified atom stereocenters. The third kappa shape index (κ3) is 4.03. The summed E-state index contributed by atoms with van der Waals surface area (Å²) >= 11 is 0. The van der Waals surface area contributed by atoms with E-state index in [1.165, 1.54) is 0 Å². The summed E-state index contributed by atoms with van der Waals surface area (Å²) in [7, 11) is 3.26. The van der Waals surface area contributed by atoms with Crippen molar-refractivity contribution in [3.05, 3.63) is 59.2 Å². The number of hydrogen-bond donors (Lipinski definition) is 1. The number of nitrogens with one attached hydrogen (secondary N) is 1. The van der Waals surface area contributed by atoms with Crippen LogP contribution in [-0.4, -0.2) is 20.1 Å². The van der Waals surface area contributed by atoms with E-state index in [4.69, 9.17) is 9.47 Å². The lowest BCUT2D eigenvalue weighted by Gasteiger charge is -2.18. The van der Waals surface area contributed by atoms with Gasteiger partial charge in [0, 0.05) is 5.56 Å². The van der Waals surface area contributed by atoms with Crippen LogP contribution in [0.1, 0.15) is 40.9 Å². The number of carbonyl (C=O) groups excluding carboxylic acids is 1. The SMILES string of the molecule is CCC(NC(=O)c1ccc(OC)c(C)c1)c1ccc(OC)cc1. The summed E-state index contributed by atoms with van der Waals surface area (Å²) < 4.78 is 10.4. The van der Waals surface area contributed by atoms with Crippen molar-refractivity contribution in [2.24, 2.45) is 0 Å². The van der Waals surface area contributed by atoms with Crippen LogP contribution in [0.25, 0.3) is 0 Å². The fraction of sp³-hybridized carbons (Fsp3) is 0.316. The summed E-state index contributed by atoms with van der Waals surface area (Å²) in [6.07, 6.45) is 0.813. The third-order valence-corrected chi connectivity index (χ3v) is 3.89. The maximum Gasteiger partial charge on any atom is 0.251 e. The minimum Gasteiger partial charge on any atom is -0.497 e. The van der Waals surface area contributed by atoms with Crippen LogP contribution in [0.4, 0.5) is 0 Å². The Labute approximate surface area is 137 Å². The summed E-state index contributed by atoms with van der Waals surface area (Å²) in [4.78, 5) is 12.5. The molecule has 23 heavy (non-hydrogen) atoms. The van der Waals surface area contributed by atoms with Crippen molar-refractivity contribution >= 4 is 5.91 Å². The molecule has 0 radical (unpaired) electrons. The van der Waals surface area contributed by atoms with Crippen LogP contribution in [0.5, 0.6) is 11.5 Å². The molecule has 0 fully saturated rings. The van der Waals surface area contributed by atoms with Gasteiger partial charge < -0.3 is 14.8 Å². The Morgan fingerprint density at radius 1 is 1.09 bits per heavy atom. The molecule has 2 rings (SSSR count). The molecule has 122 valence electrons. The van der Waals surface area contributed by atoms with Gasteiger partial charge in [-0.05, 0) is 54.8 Å². The van der Waals surface area contributed by atoms with Crippen molar-refractivity contribution in [1.29, 1.82) is 0 Å². The minimum absolute atomic E-state index is 0.0317. The van der Waals surface area contributed by atoms with Gasteiger partial charge in [0.15, 0.2) is 0 Å². The highest BCUT2D eigenvalue weighted by molar-refractivity contribution is 5.94. The average Bonchev–Trinajstić information content (AvgIpc) is 2.59. The number of ether oxygens (including phenoxy) is 2. The Morgan fingerprint density at radius 3 is 2.30 bits per heavy atom. The van der Waals surface area contributed by atoms with Crippen molar-refractivity contribution in [3.8, 4) is 11.5 Å². The number of benzene rings is 2. The number of aryl methyl sites for hydroxylation is 1. The zero-order chi connectivity index (χ0) is 16.8. The molecule has 0 heterocycles. The number of methoxy groups -OCH3 is 2. The molecular formula is C19H23NO3. The summed E-state index contributed by atoms with van der Waals surface area (Å²) in [6, 6.07) is 13.2. The molecule has 0 saturated carbocycles. The van der Waals surface area contributed by atoms with E-state index < -0.39 is 0 Å². The Bertz CT molecular complexity index is 665. The van der Waals surface area contributed by atoms with E-state index in [1.54, 1.807) is 20.3 Å². The van der Waals surface area contributed by atoms with E-state index in [0.717, 1.165) is 29.0 Å². The minimum atomic E-state index is -0.0848. The second-order valence-corrected chi connectivity index (χ2v) is 5.39. The van der Waals surface area contributed by atoms with Gasteiger partial charge in [0.25, 0.3) is 5.91 Å². The normalized spacial score (nSPS) is 11.7. The zero-order valence-corrected chi connectivity index (χ0v) is 14.1. The molecule has 1 amide bonds. The molecule has 2 aromatic carbocycles. The van der Waals surface area contributed by atoms with Crippen molar-refractivity contribution in [1.82, 2.24) is 5.32 Å². The lowest BCUT2D eigenvalue weighted by atomic mass is 10.0. The highest BCUT2D eigenvalue weighted by Gasteiger charge is 2.15. The van der Waals surface area contributed by atoms with Crippen LogP contribution in [0.2, 0.25) is 0 Å². The van der Waals surface area contributed by atoms with Gasteiger partial charge >= 0.3 is 0 Å². The Morgan fingerprint density at radius 2 is 1.78 bits per heavy atom. The maximum atomic E-state index is 12.5. The van der Waals surface area contributed by atoms with Crippen LogP contribution >= 0.6 is 0 Å². The fourth-order valence-corrected chi connectivity index (χ4v) is 2.52. The molecule has 1 N–H and O–H groups in total. The second-order valence-electron chi connectivity index (χ2n) is 5.39. The van der Waals surface area contributed by atoms with Crippen LogP contribution in [0.15, 0.2) is 42.5 Å². The third-order valence-electron chi connectivity index (χ3n) is 3.89. The first-order valence-electron chi connectivity index (χ1n) is 7.68. The number of carbonyl (C=O) groups is 1. The van der Waals surface area contributed by atoms with Crippen molar-refractivity contribution in [3.63, 3.8) is 0 Å². The molecule has 4 nitrogen and oxygen atoms in total. The topological polar surface area (TPSA) is 47.6 Å². The van der Waals surface area contributed by atoms with E-state index in [9.17, 15) is 4.79 Å². The first-order valence-corrected chi connectivity index (χ1v) is 7.68. The Kier molecular flexibility index (Phi) is 5.63. The largest absolute Gasteiger partial charge is 0.497 e. The molecular weight excluding hydrogens is 290 g/mol. The van der Waals surface area contributed by atoms with E-state index >= 15 is 0 Å². The second kappa shape index (κ2) is 7.68. The number of hydrogen-bond acceptors (Lipinski definition) is 3. The first-order chi connectivity index (χ1) is 11.1. The molecule has 0 aromatic heterocycles. The first kappa shape index (κ1) is 16.9. The highest BCUT2D eigenvalue weighted by Crippen LogP contribution is 2.22. The maximum absolute atomic E-state index is 12.5. The average molecular weight is 313 g/mol. The standard InChI is InChI=1S/C19H23NO3/c1-5-17(14-6-9-16(22-3)10-7-14)20-19(21)15-8-11-18(23-4)13(2)12-15/h6-12,17H,5H2,1-4H3,(H,20,21). The van der Waals surface area contributed by atoms with E-state index in [2.05, 4.69) is 12.2 Å². The van der Waals surface area contributed by atoms with Crippen LogP contribution in [0.3, 0.4) is 0 Å². The van der Waals surface area contributed by atoms with Gasteiger partial charge in [-0.3, -0.25) is 4.79 Å². The van der Waals surface area contributed by atoms with E-state index in [-0.39, 0.29) is 11.9 Å². The van der Waals surface area contributed by atoms with Gasteiger partial charge in [-0.2, -0.15) is 0 Å². The highest BCUT2D eigenvalue weighted by atomic mass is 16.5. The molecule has 0 bridgehead atoms. The summed E-state index contributed by atoms with van der Waals surface area (Å²) in [5.74, 6) is 1.50. The van der Waals surface area contributed by atoms with Crippen LogP contribution in [-0.2, 0) is 0 Å². The predicted octanol–water partition coefficient (Wildman–Crippen LogP) is 3.89. The molecule has 2 aromatic rings. The quantitative estimate of drug-likeness (QED) is 0.880. The van der Waals surface area contributed by atoms with Crippen molar-refractivity contribution < 1.29 is 14.3 Å². The lowest BCUT2D eigenvalue weighted by Crippen LogP contribution is -2.28. The van der Waals surface area contributed by atoms with Gasteiger partial charge in [-0.1, -0.05) is 19.1 Å². The molecule has 0 aliphatic heterocycles. The molecule has 0 aliphatic carbocycles. The van der Waals surface area contributed by atoms with Crippen LogP contribution < -0.4 is 14.8 Å². The smallest absolute Gasteiger partial charge is 0.251 e. The van der Waals surface area contributed by atoms with E-state index in [1.807, 2.05) is 43.3 Å². The van der Waals surface area contributed by atoms with E-state index in [0.29, 0.717) is 5.56 Å². The Hall–Kier alpha value is -2.49. The number of amides is 1. The molecule has 1 atom stereocenters. The van der Waals surface area contributed by atoms with Crippen molar-refractivity contribution in [2.45, 2.75) is 26.3 Å². The molecule has 0 saturated heterocycles. The van der Waals surface area contributed by atoms with Gasteiger partial charge in [-0.15, -0.1) is 0 Å². The van der Waals surface area contributed by atoms with Gasteiger partial charge in [0.05, 0.1) is 20.3 Å². The fourth-order valence-electron chi connectivity index (χ4n) is 2.52. The monoisotopic (exact) mass is 313 g/mol. The van der Waals surface area contributed by atoms with Gasteiger partial charge in [0.1, 0.15) is 11.5 Å².